The molecule has 1 aromatic carbocycles. The molecule has 0 aromatic heterocycles. The minimum absolute atomic E-state index is 0.133. The van der Waals surface area contributed by atoms with Crippen molar-refractivity contribution in [3.8, 4) is 5.75 Å². The van der Waals surface area contributed by atoms with Crippen molar-refractivity contribution in [3.63, 3.8) is 0 Å². The highest BCUT2D eigenvalue weighted by Crippen LogP contribution is 2.32. The zero-order chi connectivity index (χ0) is 11.6. The summed E-state index contributed by atoms with van der Waals surface area (Å²) in [5.74, 6) is -0.624. The molecule has 6 heteroatoms. The standard InChI is InChI=1S/C9H9BrFNO3/c1-5(2)15-9-4-8(12(13)14)7(11)3-6(9)10/h3-5H,1-2H3. The van der Waals surface area contributed by atoms with Crippen molar-refractivity contribution in [1.29, 1.82) is 0 Å². The molecule has 0 aliphatic heterocycles. The summed E-state index contributed by atoms with van der Waals surface area (Å²) in [6.45, 7) is 3.56. The van der Waals surface area contributed by atoms with Crippen LogP contribution in [0.1, 0.15) is 13.8 Å². The summed E-state index contributed by atoms with van der Waals surface area (Å²) >= 11 is 3.07. The van der Waals surface area contributed by atoms with E-state index in [0.717, 1.165) is 12.1 Å². The Balaban J connectivity index is 3.17. The molecule has 4 nitrogen and oxygen atoms in total. The first-order valence-electron chi connectivity index (χ1n) is 4.22. The first-order valence-corrected chi connectivity index (χ1v) is 5.01. The maximum absolute atomic E-state index is 13.1. The van der Waals surface area contributed by atoms with Gasteiger partial charge in [-0.25, -0.2) is 0 Å². The Morgan fingerprint density at radius 2 is 2.13 bits per heavy atom. The third-order valence-corrected chi connectivity index (χ3v) is 2.18. The van der Waals surface area contributed by atoms with Gasteiger partial charge in [-0.15, -0.1) is 0 Å². The molecule has 0 aliphatic carbocycles. The van der Waals surface area contributed by atoms with Gasteiger partial charge in [-0.1, -0.05) is 0 Å². The van der Waals surface area contributed by atoms with Gasteiger partial charge in [0, 0.05) is 0 Å². The van der Waals surface area contributed by atoms with Crippen LogP contribution in [0, 0.1) is 15.9 Å². The molecule has 82 valence electrons. The van der Waals surface area contributed by atoms with Crippen LogP contribution >= 0.6 is 15.9 Å². The molecule has 0 saturated carbocycles. The normalized spacial score (nSPS) is 10.5. The lowest BCUT2D eigenvalue weighted by Crippen LogP contribution is -2.06. The number of hydrogen-bond donors (Lipinski definition) is 0. The monoisotopic (exact) mass is 277 g/mol. The van der Waals surface area contributed by atoms with Crippen LogP contribution in [0.5, 0.6) is 5.75 Å². The van der Waals surface area contributed by atoms with Gasteiger partial charge >= 0.3 is 5.69 Å². The van der Waals surface area contributed by atoms with Gasteiger partial charge in [0.1, 0.15) is 5.75 Å². The number of halogens is 2. The topological polar surface area (TPSA) is 52.4 Å². The Kier molecular flexibility index (Phi) is 3.62. The molecule has 0 amide bonds. The average molecular weight is 278 g/mol. The molecule has 0 radical (unpaired) electrons. The molecule has 0 spiro atoms. The summed E-state index contributed by atoms with van der Waals surface area (Å²) in [6.07, 6.45) is -0.133. The number of benzene rings is 1. The van der Waals surface area contributed by atoms with E-state index in [1.807, 2.05) is 0 Å². The highest BCUT2D eigenvalue weighted by Gasteiger charge is 2.18. The first kappa shape index (κ1) is 11.9. The molecule has 0 N–H and O–H groups in total. The van der Waals surface area contributed by atoms with Crippen molar-refractivity contribution in [2.24, 2.45) is 0 Å². The second-order valence-electron chi connectivity index (χ2n) is 3.16. The summed E-state index contributed by atoms with van der Waals surface area (Å²) < 4.78 is 18.7. The summed E-state index contributed by atoms with van der Waals surface area (Å²) in [5, 5.41) is 10.5. The van der Waals surface area contributed by atoms with Crippen LogP contribution in [0.15, 0.2) is 16.6 Å². The van der Waals surface area contributed by atoms with E-state index in [1.54, 1.807) is 13.8 Å². The van der Waals surface area contributed by atoms with Crippen molar-refractivity contribution < 1.29 is 14.1 Å². The fourth-order valence-corrected chi connectivity index (χ4v) is 1.41. The maximum atomic E-state index is 13.1. The summed E-state index contributed by atoms with van der Waals surface area (Å²) in [7, 11) is 0. The van der Waals surface area contributed by atoms with Crippen LogP contribution in [0.4, 0.5) is 10.1 Å². The third-order valence-electron chi connectivity index (χ3n) is 1.56. The molecule has 15 heavy (non-hydrogen) atoms. The Hall–Kier alpha value is -1.17. The van der Waals surface area contributed by atoms with Gasteiger partial charge in [-0.3, -0.25) is 10.1 Å². The second-order valence-corrected chi connectivity index (χ2v) is 4.01. The minimum Gasteiger partial charge on any atom is -0.490 e. The predicted molar refractivity (Wildman–Crippen MR) is 56.5 cm³/mol. The molecular weight excluding hydrogens is 269 g/mol. The first-order chi connectivity index (χ1) is 6.91. The smallest absolute Gasteiger partial charge is 0.308 e. The molecule has 0 aliphatic rings. The van der Waals surface area contributed by atoms with Gasteiger partial charge in [0.2, 0.25) is 5.82 Å². The van der Waals surface area contributed by atoms with Gasteiger partial charge in [0.05, 0.1) is 21.6 Å². The maximum Gasteiger partial charge on any atom is 0.308 e. The largest absolute Gasteiger partial charge is 0.490 e. The Bertz CT molecular complexity index is 395. The molecule has 0 bridgehead atoms. The van der Waals surface area contributed by atoms with Crippen LogP contribution in [-0.2, 0) is 0 Å². The highest BCUT2D eigenvalue weighted by atomic mass is 79.9. The molecule has 0 atom stereocenters. The van der Waals surface area contributed by atoms with Crippen LogP contribution in [0.25, 0.3) is 0 Å². The van der Waals surface area contributed by atoms with Gasteiger partial charge in [-0.2, -0.15) is 4.39 Å². The van der Waals surface area contributed by atoms with Crippen molar-refractivity contribution in [2.45, 2.75) is 20.0 Å². The van der Waals surface area contributed by atoms with Crippen molar-refractivity contribution in [1.82, 2.24) is 0 Å². The number of nitrogens with zero attached hydrogens (tertiary/aromatic N) is 1. The van der Waals surface area contributed by atoms with Crippen molar-refractivity contribution >= 4 is 21.6 Å². The SMILES string of the molecule is CC(C)Oc1cc([N+](=O)[O-])c(F)cc1Br. The van der Waals surface area contributed by atoms with Crippen LogP contribution < -0.4 is 4.74 Å². The number of rotatable bonds is 3. The fraction of sp³-hybridized carbons (Fsp3) is 0.333. The van der Waals surface area contributed by atoms with Crippen molar-refractivity contribution in [3.05, 3.63) is 32.5 Å². The van der Waals surface area contributed by atoms with E-state index in [9.17, 15) is 14.5 Å². The summed E-state index contributed by atoms with van der Waals surface area (Å²) in [4.78, 5) is 9.68. The minimum atomic E-state index is -0.886. The number of ether oxygens (including phenoxy) is 1. The third kappa shape index (κ3) is 2.89. The Morgan fingerprint density at radius 1 is 1.53 bits per heavy atom. The van der Waals surface area contributed by atoms with Crippen molar-refractivity contribution in [2.75, 3.05) is 0 Å². The van der Waals surface area contributed by atoms with Crippen LogP contribution in [0.3, 0.4) is 0 Å². The molecular formula is C9H9BrFNO3. The lowest BCUT2D eigenvalue weighted by atomic mass is 10.3. The van der Waals surface area contributed by atoms with E-state index in [2.05, 4.69) is 15.9 Å². The number of nitro groups is 1. The lowest BCUT2D eigenvalue weighted by molar-refractivity contribution is -0.387. The molecule has 0 heterocycles. The fourth-order valence-electron chi connectivity index (χ4n) is 1.00. The predicted octanol–water partition coefficient (Wildman–Crippen LogP) is 3.28. The summed E-state index contributed by atoms with van der Waals surface area (Å²) in [6, 6.07) is 2.09. The van der Waals surface area contributed by atoms with E-state index in [1.165, 1.54) is 0 Å². The summed E-state index contributed by atoms with van der Waals surface area (Å²) in [5.41, 5.74) is -0.589. The van der Waals surface area contributed by atoms with Gasteiger partial charge in [0.25, 0.3) is 0 Å². The quantitative estimate of drug-likeness (QED) is 0.629. The molecule has 1 aromatic rings. The zero-order valence-electron chi connectivity index (χ0n) is 8.16. The Morgan fingerprint density at radius 3 is 2.60 bits per heavy atom. The number of nitro benzene ring substituents is 1. The van der Waals surface area contributed by atoms with Gasteiger partial charge in [0.15, 0.2) is 0 Å². The number of hydrogen-bond acceptors (Lipinski definition) is 3. The lowest BCUT2D eigenvalue weighted by Gasteiger charge is -2.11. The van der Waals surface area contributed by atoms with E-state index < -0.39 is 16.4 Å². The van der Waals surface area contributed by atoms with E-state index in [-0.39, 0.29) is 11.9 Å². The molecule has 0 saturated heterocycles. The van der Waals surface area contributed by atoms with E-state index >= 15 is 0 Å². The van der Waals surface area contributed by atoms with E-state index in [0.29, 0.717) is 4.47 Å². The second kappa shape index (κ2) is 4.57. The van der Waals surface area contributed by atoms with E-state index in [4.69, 9.17) is 4.74 Å². The van der Waals surface area contributed by atoms with Gasteiger partial charge in [-0.05, 0) is 35.8 Å². The zero-order valence-corrected chi connectivity index (χ0v) is 9.75. The van der Waals surface area contributed by atoms with Crippen LogP contribution in [-0.4, -0.2) is 11.0 Å². The molecule has 0 fully saturated rings. The Labute approximate surface area is 94.3 Å². The molecule has 1 rings (SSSR count). The molecule has 0 unspecified atom stereocenters. The van der Waals surface area contributed by atoms with Crippen LogP contribution in [0.2, 0.25) is 0 Å². The highest BCUT2D eigenvalue weighted by molar-refractivity contribution is 9.10. The average Bonchev–Trinajstić information content (AvgIpc) is 2.08. The van der Waals surface area contributed by atoms with Gasteiger partial charge < -0.3 is 4.74 Å².